The molecular formula is C14H16N6O5S. The van der Waals surface area contributed by atoms with E-state index in [1.807, 2.05) is 0 Å². The van der Waals surface area contributed by atoms with Gasteiger partial charge in [0.15, 0.2) is 4.90 Å². The number of para-hydroxylation sites is 1. The van der Waals surface area contributed by atoms with Crippen LogP contribution >= 0.6 is 0 Å². The van der Waals surface area contributed by atoms with Gasteiger partial charge in [0.1, 0.15) is 6.33 Å². The molecule has 1 amide bonds. The number of carbonyl (C=O) groups is 1. The van der Waals surface area contributed by atoms with Gasteiger partial charge in [-0.05, 0) is 18.9 Å². The molecule has 2 aromatic rings. The van der Waals surface area contributed by atoms with Gasteiger partial charge in [0.25, 0.3) is 5.69 Å². The molecule has 0 spiro atoms. The lowest BCUT2D eigenvalue weighted by molar-refractivity contribution is -0.387. The van der Waals surface area contributed by atoms with Gasteiger partial charge in [-0.3, -0.25) is 20.2 Å². The molecule has 0 unspecified atom stereocenters. The van der Waals surface area contributed by atoms with E-state index in [9.17, 15) is 23.3 Å². The van der Waals surface area contributed by atoms with Gasteiger partial charge in [-0.25, -0.2) is 13.5 Å². The molecule has 1 aliphatic heterocycles. The topological polar surface area (TPSA) is 151 Å². The van der Waals surface area contributed by atoms with Crippen LogP contribution in [0.3, 0.4) is 0 Å². The molecule has 11 nitrogen and oxygen atoms in total. The first-order chi connectivity index (χ1) is 12.4. The Morgan fingerprint density at radius 2 is 2.00 bits per heavy atom. The van der Waals surface area contributed by atoms with Crippen LogP contribution in [0.25, 0.3) is 0 Å². The Hall–Kier alpha value is -2.86. The van der Waals surface area contributed by atoms with E-state index < -0.39 is 20.6 Å². The van der Waals surface area contributed by atoms with Crippen LogP contribution in [0.15, 0.2) is 35.5 Å². The Balaban J connectivity index is 1.69. The minimum Gasteiger partial charge on any atom is -0.295 e. The molecule has 0 atom stereocenters. The lowest BCUT2D eigenvalue weighted by atomic mass is 9.97. The average molecular weight is 380 g/mol. The number of carbonyl (C=O) groups excluding carboxylic acids is 1. The highest BCUT2D eigenvalue weighted by molar-refractivity contribution is 7.89. The first-order valence-corrected chi connectivity index (χ1v) is 9.23. The second kappa shape index (κ2) is 7.17. The minimum atomic E-state index is -4.01. The van der Waals surface area contributed by atoms with Crippen molar-refractivity contribution in [2.75, 3.05) is 18.4 Å². The normalized spacial score (nSPS) is 16.3. The summed E-state index contributed by atoms with van der Waals surface area (Å²) >= 11 is 0. The van der Waals surface area contributed by atoms with Crippen LogP contribution in [0.4, 0.5) is 11.6 Å². The first kappa shape index (κ1) is 17.9. The first-order valence-electron chi connectivity index (χ1n) is 7.79. The van der Waals surface area contributed by atoms with E-state index in [1.54, 1.807) is 0 Å². The highest BCUT2D eigenvalue weighted by atomic mass is 32.2. The summed E-state index contributed by atoms with van der Waals surface area (Å²) in [4.78, 5) is 26.0. The number of aromatic nitrogens is 3. The van der Waals surface area contributed by atoms with E-state index in [-0.39, 0.29) is 35.8 Å². The number of benzene rings is 1. The molecule has 1 saturated heterocycles. The zero-order valence-electron chi connectivity index (χ0n) is 13.5. The van der Waals surface area contributed by atoms with Gasteiger partial charge in [-0.2, -0.15) is 14.4 Å². The Kier molecular flexibility index (Phi) is 4.95. The molecule has 138 valence electrons. The minimum absolute atomic E-state index is 0.100. The van der Waals surface area contributed by atoms with E-state index >= 15 is 0 Å². The number of amides is 1. The molecule has 1 fully saturated rings. The van der Waals surface area contributed by atoms with Crippen LogP contribution in [0.2, 0.25) is 0 Å². The molecule has 1 aliphatic rings. The Morgan fingerprint density at radius 3 is 2.62 bits per heavy atom. The molecular weight excluding hydrogens is 364 g/mol. The number of nitro benzene ring substituents is 1. The number of nitro groups is 1. The van der Waals surface area contributed by atoms with Crippen molar-refractivity contribution < 1.29 is 18.1 Å². The van der Waals surface area contributed by atoms with E-state index in [2.05, 4.69) is 20.5 Å². The molecule has 1 aromatic heterocycles. The highest BCUT2D eigenvalue weighted by Gasteiger charge is 2.35. The van der Waals surface area contributed by atoms with E-state index in [4.69, 9.17) is 0 Å². The number of H-pyrrole nitrogens is 1. The van der Waals surface area contributed by atoms with Crippen molar-refractivity contribution in [2.45, 2.75) is 17.7 Å². The fourth-order valence-electron chi connectivity index (χ4n) is 2.81. The number of aromatic amines is 1. The van der Waals surface area contributed by atoms with E-state index in [0.29, 0.717) is 12.8 Å². The summed E-state index contributed by atoms with van der Waals surface area (Å²) in [5.41, 5.74) is -0.460. The number of nitrogens with zero attached hydrogens (tertiary/aromatic N) is 4. The monoisotopic (exact) mass is 380 g/mol. The largest absolute Gasteiger partial charge is 0.295 e. The van der Waals surface area contributed by atoms with Crippen molar-refractivity contribution in [1.29, 1.82) is 0 Å². The predicted octanol–water partition coefficient (Wildman–Crippen LogP) is 0.752. The summed E-state index contributed by atoms with van der Waals surface area (Å²) in [7, 11) is -4.01. The summed E-state index contributed by atoms with van der Waals surface area (Å²) < 4.78 is 26.7. The fraction of sp³-hybridized carbons (Fsp3) is 0.357. The summed E-state index contributed by atoms with van der Waals surface area (Å²) in [6, 6.07) is 5.23. The number of sulfonamides is 1. The number of hydrogen-bond acceptors (Lipinski definition) is 7. The summed E-state index contributed by atoms with van der Waals surface area (Å²) in [6.07, 6.45) is 1.87. The lowest BCUT2D eigenvalue weighted by Gasteiger charge is -2.30. The number of hydrogen-bond donors (Lipinski definition) is 2. The zero-order valence-corrected chi connectivity index (χ0v) is 14.3. The van der Waals surface area contributed by atoms with Crippen molar-refractivity contribution in [2.24, 2.45) is 5.92 Å². The number of piperidine rings is 1. The molecule has 0 saturated carbocycles. The van der Waals surface area contributed by atoms with Crippen LogP contribution in [-0.4, -0.2) is 51.8 Å². The van der Waals surface area contributed by atoms with Crippen LogP contribution in [0.5, 0.6) is 0 Å². The SMILES string of the molecule is O=C(Nc1ncn[nH]1)C1CCN(S(=O)(=O)c2ccccc2[N+](=O)[O-])CC1. The van der Waals surface area contributed by atoms with Crippen LogP contribution in [-0.2, 0) is 14.8 Å². The van der Waals surface area contributed by atoms with Gasteiger partial charge in [0, 0.05) is 25.1 Å². The molecule has 0 radical (unpaired) electrons. The summed E-state index contributed by atoms with van der Waals surface area (Å²) in [5.74, 6) is -0.424. The van der Waals surface area contributed by atoms with Gasteiger partial charge in [0.05, 0.1) is 4.92 Å². The van der Waals surface area contributed by atoms with Gasteiger partial charge in [0.2, 0.25) is 21.9 Å². The standard InChI is InChI=1S/C14H16N6O5S/c21-13(17-14-15-9-16-18-14)10-5-7-19(8-6-10)26(24,25)12-4-2-1-3-11(12)20(22)23/h1-4,9-10H,5-8H2,(H2,15,16,17,18,21). The highest BCUT2D eigenvalue weighted by Crippen LogP contribution is 2.29. The fourth-order valence-corrected chi connectivity index (χ4v) is 4.44. The van der Waals surface area contributed by atoms with Gasteiger partial charge in [-0.1, -0.05) is 12.1 Å². The molecule has 26 heavy (non-hydrogen) atoms. The van der Waals surface area contributed by atoms with Crippen molar-refractivity contribution in [3.05, 3.63) is 40.7 Å². The third kappa shape index (κ3) is 3.55. The van der Waals surface area contributed by atoms with E-state index in [0.717, 1.165) is 6.07 Å². The van der Waals surface area contributed by atoms with Crippen molar-refractivity contribution >= 4 is 27.6 Å². The van der Waals surface area contributed by atoms with Crippen molar-refractivity contribution in [3.8, 4) is 0 Å². The number of anilines is 1. The van der Waals surface area contributed by atoms with Gasteiger partial charge < -0.3 is 0 Å². The van der Waals surface area contributed by atoms with Crippen molar-refractivity contribution in [1.82, 2.24) is 19.5 Å². The number of rotatable bonds is 5. The van der Waals surface area contributed by atoms with Gasteiger partial charge >= 0.3 is 0 Å². The van der Waals surface area contributed by atoms with E-state index in [1.165, 1.54) is 28.8 Å². The average Bonchev–Trinajstić information content (AvgIpc) is 3.14. The molecule has 2 N–H and O–H groups in total. The summed E-state index contributed by atoms with van der Waals surface area (Å²) in [6.45, 7) is 0.200. The van der Waals surface area contributed by atoms with Crippen LogP contribution in [0, 0.1) is 16.0 Å². The maximum absolute atomic E-state index is 12.7. The Morgan fingerprint density at radius 1 is 1.31 bits per heavy atom. The molecule has 0 bridgehead atoms. The zero-order chi connectivity index (χ0) is 18.7. The van der Waals surface area contributed by atoms with Crippen molar-refractivity contribution in [3.63, 3.8) is 0 Å². The second-order valence-corrected chi connectivity index (χ2v) is 7.63. The Labute approximate surface area is 148 Å². The molecule has 3 rings (SSSR count). The molecule has 1 aromatic carbocycles. The third-order valence-corrected chi connectivity index (χ3v) is 6.11. The molecule has 0 aliphatic carbocycles. The second-order valence-electron chi connectivity index (χ2n) is 5.73. The van der Waals surface area contributed by atoms with Crippen LogP contribution in [0.1, 0.15) is 12.8 Å². The smallest absolute Gasteiger partial charge is 0.289 e. The maximum atomic E-state index is 12.7. The lowest BCUT2D eigenvalue weighted by Crippen LogP contribution is -2.41. The predicted molar refractivity (Wildman–Crippen MR) is 89.6 cm³/mol. The summed E-state index contributed by atoms with van der Waals surface area (Å²) in [5, 5.41) is 19.8. The maximum Gasteiger partial charge on any atom is 0.289 e. The molecule has 2 heterocycles. The van der Waals surface area contributed by atoms with Gasteiger partial charge in [-0.15, -0.1) is 0 Å². The third-order valence-electron chi connectivity index (χ3n) is 4.16. The molecule has 12 heteroatoms. The quantitative estimate of drug-likeness (QED) is 0.573. The number of nitrogens with one attached hydrogen (secondary N) is 2. The Bertz CT molecular complexity index is 906. The van der Waals surface area contributed by atoms with Crippen LogP contribution < -0.4 is 5.32 Å².